The molecule has 0 bridgehead atoms. The van der Waals surface area contributed by atoms with Gasteiger partial charge in [-0.1, -0.05) is 33.3 Å². The standard InChI is InChI=1S/C23H23BrN6O5/c1-33-19-9-8-16(20(34-2)21(19)35-3)22(31)26-10-11-30-13-18(28-29-30)23(32)27-17(12-25)14-4-6-15(24)7-5-14/h4-9,13,17H,10-11H2,1-3H3,(H,26,31)(H,27,32). The maximum atomic E-state index is 12.7. The average Bonchev–Trinajstić information content (AvgIpc) is 3.35. The number of hydrogen-bond donors (Lipinski definition) is 2. The zero-order valence-corrected chi connectivity index (χ0v) is 20.8. The summed E-state index contributed by atoms with van der Waals surface area (Å²) in [5, 5.41) is 22.6. The molecule has 0 spiro atoms. The minimum Gasteiger partial charge on any atom is -0.493 e. The van der Waals surface area contributed by atoms with E-state index >= 15 is 0 Å². The Morgan fingerprint density at radius 3 is 2.40 bits per heavy atom. The Morgan fingerprint density at radius 1 is 1.06 bits per heavy atom. The average molecular weight is 543 g/mol. The maximum Gasteiger partial charge on any atom is 0.274 e. The molecule has 0 aliphatic carbocycles. The second kappa shape index (κ2) is 11.8. The molecule has 3 aromatic rings. The largest absolute Gasteiger partial charge is 0.493 e. The number of amides is 2. The number of aromatic nitrogens is 3. The van der Waals surface area contributed by atoms with Gasteiger partial charge in [0.15, 0.2) is 17.2 Å². The van der Waals surface area contributed by atoms with Gasteiger partial charge in [-0.15, -0.1) is 5.10 Å². The van der Waals surface area contributed by atoms with Crippen molar-refractivity contribution in [1.82, 2.24) is 25.6 Å². The lowest BCUT2D eigenvalue weighted by atomic mass is 10.1. The third-order valence-corrected chi connectivity index (χ3v) is 5.48. The van der Waals surface area contributed by atoms with Crippen molar-refractivity contribution >= 4 is 27.7 Å². The van der Waals surface area contributed by atoms with Crippen LogP contribution in [-0.2, 0) is 6.54 Å². The van der Waals surface area contributed by atoms with E-state index in [1.807, 2.05) is 0 Å². The zero-order chi connectivity index (χ0) is 25.4. The molecular weight excluding hydrogens is 520 g/mol. The third kappa shape index (κ3) is 6.07. The van der Waals surface area contributed by atoms with Crippen LogP contribution in [-0.4, -0.2) is 54.7 Å². The van der Waals surface area contributed by atoms with Crippen molar-refractivity contribution in [3.8, 4) is 23.3 Å². The molecule has 182 valence electrons. The summed E-state index contributed by atoms with van der Waals surface area (Å²) in [6, 6.07) is 11.5. The summed E-state index contributed by atoms with van der Waals surface area (Å²) in [7, 11) is 4.38. The number of carbonyl (C=O) groups is 2. The molecule has 2 N–H and O–H groups in total. The van der Waals surface area contributed by atoms with Crippen LogP contribution in [0.15, 0.2) is 47.1 Å². The van der Waals surface area contributed by atoms with Gasteiger partial charge in [-0.3, -0.25) is 9.59 Å². The number of hydrogen-bond acceptors (Lipinski definition) is 8. The molecule has 11 nitrogen and oxygen atoms in total. The van der Waals surface area contributed by atoms with Gasteiger partial charge < -0.3 is 24.8 Å². The Morgan fingerprint density at radius 2 is 1.77 bits per heavy atom. The number of benzene rings is 2. The van der Waals surface area contributed by atoms with E-state index in [1.165, 1.54) is 32.2 Å². The molecule has 2 amide bonds. The van der Waals surface area contributed by atoms with Crippen LogP contribution in [0.4, 0.5) is 0 Å². The number of halogens is 1. The van der Waals surface area contributed by atoms with Crippen LogP contribution in [0.25, 0.3) is 0 Å². The first-order valence-corrected chi connectivity index (χ1v) is 11.1. The number of rotatable bonds is 10. The van der Waals surface area contributed by atoms with Gasteiger partial charge in [0.2, 0.25) is 5.75 Å². The van der Waals surface area contributed by atoms with Gasteiger partial charge in [-0.05, 0) is 29.8 Å². The van der Waals surface area contributed by atoms with Gasteiger partial charge in [0, 0.05) is 11.0 Å². The summed E-state index contributed by atoms with van der Waals surface area (Å²) in [5.41, 5.74) is 0.972. The molecule has 1 atom stereocenters. The molecule has 35 heavy (non-hydrogen) atoms. The van der Waals surface area contributed by atoms with Gasteiger partial charge in [0.25, 0.3) is 11.8 Å². The van der Waals surface area contributed by atoms with Crippen molar-refractivity contribution in [2.45, 2.75) is 12.6 Å². The molecule has 3 rings (SSSR count). The fraction of sp³-hybridized carbons (Fsp3) is 0.261. The Hall–Kier alpha value is -4.11. The van der Waals surface area contributed by atoms with Crippen LogP contribution in [0.1, 0.15) is 32.5 Å². The Balaban J connectivity index is 1.59. The summed E-state index contributed by atoms with van der Waals surface area (Å²) in [4.78, 5) is 25.2. The summed E-state index contributed by atoms with van der Waals surface area (Å²) >= 11 is 3.33. The van der Waals surface area contributed by atoms with Crippen LogP contribution in [0.5, 0.6) is 17.2 Å². The monoisotopic (exact) mass is 542 g/mol. The lowest BCUT2D eigenvalue weighted by Gasteiger charge is -2.15. The molecule has 0 fully saturated rings. The highest BCUT2D eigenvalue weighted by Gasteiger charge is 2.21. The van der Waals surface area contributed by atoms with E-state index < -0.39 is 11.9 Å². The summed E-state index contributed by atoms with van der Waals surface area (Å²) in [6.07, 6.45) is 1.44. The van der Waals surface area contributed by atoms with Gasteiger partial charge in [-0.2, -0.15) is 5.26 Å². The molecular formula is C23H23BrN6O5. The number of nitrogens with zero attached hydrogens (tertiary/aromatic N) is 4. The highest BCUT2D eigenvalue weighted by Crippen LogP contribution is 2.39. The normalized spacial score (nSPS) is 11.2. The van der Waals surface area contributed by atoms with E-state index in [0.29, 0.717) is 17.1 Å². The van der Waals surface area contributed by atoms with Crippen molar-refractivity contribution in [3.05, 3.63) is 63.9 Å². The van der Waals surface area contributed by atoms with E-state index in [0.717, 1.165) is 4.47 Å². The second-order valence-corrected chi connectivity index (χ2v) is 8.01. The Labute approximate surface area is 210 Å². The quantitative estimate of drug-likeness (QED) is 0.398. The van der Waals surface area contributed by atoms with Crippen LogP contribution in [0.2, 0.25) is 0 Å². The van der Waals surface area contributed by atoms with Crippen molar-refractivity contribution in [2.75, 3.05) is 27.9 Å². The molecule has 0 saturated heterocycles. The first-order valence-electron chi connectivity index (χ1n) is 10.3. The van der Waals surface area contributed by atoms with Gasteiger partial charge in [0.1, 0.15) is 6.04 Å². The highest BCUT2D eigenvalue weighted by molar-refractivity contribution is 9.10. The van der Waals surface area contributed by atoms with Crippen molar-refractivity contribution in [2.24, 2.45) is 0 Å². The molecule has 12 heteroatoms. The first-order chi connectivity index (χ1) is 16.9. The molecule has 0 saturated carbocycles. The SMILES string of the molecule is COc1ccc(C(=O)NCCn2cc(C(=O)NC(C#N)c3ccc(Br)cc3)nn2)c(OC)c1OC. The number of carbonyl (C=O) groups excluding carboxylic acids is 2. The van der Waals surface area contributed by atoms with Crippen LogP contribution in [0.3, 0.4) is 0 Å². The minimum absolute atomic E-state index is 0.0512. The van der Waals surface area contributed by atoms with Gasteiger partial charge in [0.05, 0.1) is 45.7 Å². The summed E-state index contributed by atoms with van der Waals surface area (Å²) in [5.74, 6) is 0.0837. The van der Waals surface area contributed by atoms with E-state index in [4.69, 9.17) is 14.2 Å². The number of methoxy groups -OCH3 is 3. The number of ether oxygens (including phenoxy) is 3. The second-order valence-electron chi connectivity index (χ2n) is 7.09. The smallest absolute Gasteiger partial charge is 0.274 e. The predicted molar refractivity (Wildman–Crippen MR) is 128 cm³/mol. The van der Waals surface area contributed by atoms with Crippen LogP contribution >= 0.6 is 15.9 Å². The van der Waals surface area contributed by atoms with Crippen molar-refractivity contribution in [1.29, 1.82) is 5.26 Å². The maximum absolute atomic E-state index is 12.7. The van der Waals surface area contributed by atoms with E-state index in [2.05, 4.69) is 42.9 Å². The van der Waals surface area contributed by atoms with Gasteiger partial charge >= 0.3 is 0 Å². The molecule has 0 aliphatic rings. The lowest BCUT2D eigenvalue weighted by Crippen LogP contribution is -2.28. The van der Waals surface area contributed by atoms with Gasteiger partial charge in [-0.25, -0.2) is 4.68 Å². The molecule has 0 aliphatic heterocycles. The third-order valence-electron chi connectivity index (χ3n) is 4.95. The van der Waals surface area contributed by atoms with E-state index in [-0.39, 0.29) is 36.0 Å². The van der Waals surface area contributed by atoms with E-state index in [9.17, 15) is 14.9 Å². The lowest BCUT2D eigenvalue weighted by molar-refractivity contribution is 0.0934. The van der Waals surface area contributed by atoms with Crippen LogP contribution in [0, 0.1) is 11.3 Å². The zero-order valence-electron chi connectivity index (χ0n) is 19.2. The first kappa shape index (κ1) is 25.5. The van der Waals surface area contributed by atoms with Crippen molar-refractivity contribution < 1.29 is 23.8 Å². The molecule has 0 radical (unpaired) electrons. The fourth-order valence-electron chi connectivity index (χ4n) is 3.22. The molecule has 1 unspecified atom stereocenters. The number of nitrogens with one attached hydrogen (secondary N) is 2. The number of nitriles is 1. The topological polar surface area (TPSA) is 140 Å². The molecule has 2 aromatic carbocycles. The van der Waals surface area contributed by atoms with Crippen molar-refractivity contribution in [3.63, 3.8) is 0 Å². The fourth-order valence-corrected chi connectivity index (χ4v) is 3.49. The predicted octanol–water partition coefficient (Wildman–Crippen LogP) is 2.49. The molecule has 1 aromatic heterocycles. The van der Waals surface area contributed by atoms with E-state index in [1.54, 1.807) is 36.4 Å². The molecule has 1 heterocycles. The van der Waals surface area contributed by atoms with Crippen LogP contribution < -0.4 is 24.8 Å². The summed E-state index contributed by atoms with van der Waals surface area (Å²) < 4.78 is 18.2. The Kier molecular flexibility index (Phi) is 8.63. The summed E-state index contributed by atoms with van der Waals surface area (Å²) in [6.45, 7) is 0.469. The highest BCUT2D eigenvalue weighted by atomic mass is 79.9. The Bertz CT molecular complexity index is 1240. The minimum atomic E-state index is -0.837.